The molecule has 0 aliphatic heterocycles. The first-order valence-corrected chi connectivity index (χ1v) is 9.82. The van der Waals surface area contributed by atoms with Gasteiger partial charge in [-0.1, -0.05) is 60.7 Å². The van der Waals surface area contributed by atoms with Crippen LogP contribution >= 0.6 is 0 Å². The quantitative estimate of drug-likeness (QED) is 0.452. The zero-order valence-electron chi connectivity index (χ0n) is 16.4. The molecule has 0 aliphatic carbocycles. The van der Waals surface area contributed by atoms with Crippen LogP contribution in [0.2, 0.25) is 0 Å². The van der Waals surface area contributed by atoms with Gasteiger partial charge >= 0.3 is 0 Å². The number of anilines is 3. The monoisotopic (exact) mass is 399 g/mol. The number of rotatable bonds is 8. The zero-order valence-corrected chi connectivity index (χ0v) is 16.4. The van der Waals surface area contributed by atoms with Gasteiger partial charge in [-0.25, -0.2) is 4.39 Å². The van der Waals surface area contributed by atoms with Crippen LogP contribution in [0.1, 0.15) is 11.1 Å². The van der Waals surface area contributed by atoms with Gasteiger partial charge in [-0.2, -0.15) is 10.1 Å². The molecule has 4 aromatic rings. The van der Waals surface area contributed by atoms with Crippen LogP contribution in [-0.4, -0.2) is 21.7 Å². The van der Waals surface area contributed by atoms with Gasteiger partial charge < -0.3 is 10.2 Å². The van der Waals surface area contributed by atoms with Gasteiger partial charge in [0.1, 0.15) is 5.82 Å². The van der Waals surface area contributed by atoms with Crippen LogP contribution < -0.4 is 10.2 Å². The number of hydrogen-bond acceptors (Lipinski definition) is 5. The third-order valence-electron chi connectivity index (χ3n) is 4.67. The van der Waals surface area contributed by atoms with Gasteiger partial charge in [-0.3, -0.25) is 0 Å². The second-order valence-electron chi connectivity index (χ2n) is 6.85. The second-order valence-corrected chi connectivity index (χ2v) is 6.85. The maximum absolute atomic E-state index is 13.0. The summed E-state index contributed by atoms with van der Waals surface area (Å²) in [6, 6.07) is 26.7. The highest BCUT2D eigenvalue weighted by atomic mass is 19.1. The van der Waals surface area contributed by atoms with Crippen molar-refractivity contribution in [3.63, 3.8) is 0 Å². The molecule has 6 heteroatoms. The highest BCUT2D eigenvalue weighted by Crippen LogP contribution is 2.24. The van der Waals surface area contributed by atoms with Gasteiger partial charge in [-0.05, 0) is 41.8 Å². The van der Waals surface area contributed by atoms with E-state index < -0.39 is 0 Å². The van der Waals surface area contributed by atoms with Gasteiger partial charge in [0.25, 0.3) is 5.95 Å². The number of aromatic nitrogens is 3. The van der Waals surface area contributed by atoms with E-state index in [4.69, 9.17) is 0 Å². The molecule has 0 amide bonds. The van der Waals surface area contributed by atoms with Crippen molar-refractivity contribution in [3.8, 4) is 0 Å². The molecular formula is C24H22FN5. The van der Waals surface area contributed by atoms with Crippen molar-refractivity contribution in [2.75, 3.05) is 16.8 Å². The molecule has 0 atom stereocenters. The summed E-state index contributed by atoms with van der Waals surface area (Å²) < 4.78 is 13.0. The standard InChI is InChI=1S/C24H22FN5/c25-21-13-11-19(12-14-21)15-16-26-23-17-27-29-24(28-23)30(22-9-5-2-6-10-22)18-20-7-3-1-4-8-20/h1-14,17H,15-16,18H2,(H,26,28,29). The Balaban J connectivity index is 1.50. The molecule has 150 valence electrons. The lowest BCUT2D eigenvalue weighted by atomic mass is 10.1. The molecule has 0 fully saturated rings. The van der Waals surface area contributed by atoms with E-state index in [1.165, 1.54) is 12.1 Å². The van der Waals surface area contributed by atoms with Gasteiger partial charge in [0.15, 0.2) is 5.82 Å². The Bertz CT molecular complexity index is 1060. The third kappa shape index (κ3) is 5.17. The van der Waals surface area contributed by atoms with Crippen LogP contribution in [0.5, 0.6) is 0 Å². The summed E-state index contributed by atoms with van der Waals surface area (Å²) in [5.41, 5.74) is 3.20. The van der Waals surface area contributed by atoms with Crippen molar-refractivity contribution in [1.82, 2.24) is 15.2 Å². The fraction of sp³-hybridized carbons (Fsp3) is 0.125. The van der Waals surface area contributed by atoms with E-state index in [0.717, 1.165) is 23.2 Å². The Labute approximate surface area is 175 Å². The Morgan fingerprint density at radius 3 is 2.23 bits per heavy atom. The lowest BCUT2D eigenvalue weighted by Gasteiger charge is -2.22. The Hall–Kier alpha value is -3.80. The highest BCUT2D eigenvalue weighted by Gasteiger charge is 2.14. The van der Waals surface area contributed by atoms with E-state index in [1.807, 2.05) is 53.4 Å². The number of benzene rings is 3. The molecule has 4 rings (SSSR count). The summed E-state index contributed by atoms with van der Waals surface area (Å²) in [5.74, 6) is 0.948. The zero-order chi connectivity index (χ0) is 20.6. The summed E-state index contributed by atoms with van der Waals surface area (Å²) in [4.78, 5) is 6.71. The first kappa shape index (κ1) is 19.5. The minimum absolute atomic E-state index is 0.226. The molecule has 0 spiro atoms. The molecule has 1 N–H and O–H groups in total. The van der Waals surface area contributed by atoms with Crippen molar-refractivity contribution in [3.05, 3.63) is 108 Å². The van der Waals surface area contributed by atoms with E-state index in [-0.39, 0.29) is 5.82 Å². The van der Waals surface area contributed by atoms with Gasteiger partial charge in [0, 0.05) is 12.2 Å². The number of nitrogens with zero attached hydrogens (tertiary/aromatic N) is 4. The molecule has 1 heterocycles. The lowest BCUT2D eigenvalue weighted by molar-refractivity contribution is 0.627. The molecule has 30 heavy (non-hydrogen) atoms. The molecule has 0 unspecified atom stereocenters. The fourth-order valence-corrected chi connectivity index (χ4v) is 3.13. The molecule has 0 saturated heterocycles. The van der Waals surface area contributed by atoms with Gasteiger partial charge in [0.2, 0.25) is 0 Å². The van der Waals surface area contributed by atoms with Crippen molar-refractivity contribution in [1.29, 1.82) is 0 Å². The summed E-state index contributed by atoms with van der Waals surface area (Å²) in [5, 5.41) is 11.7. The van der Waals surface area contributed by atoms with Crippen LogP contribution in [0.4, 0.5) is 21.8 Å². The first-order valence-electron chi connectivity index (χ1n) is 9.82. The summed E-state index contributed by atoms with van der Waals surface area (Å²) in [6.07, 6.45) is 2.37. The number of nitrogens with one attached hydrogen (secondary N) is 1. The van der Waals surface area contributed by atoms with E-state index in [2.05, 4.69) is 32.6 Å². The minimum atomic E-state index is -0.226. The second kappa shape index (κ2) is 9.60. The molecule has 1 aromatic heterocycles. The molecule has 3 aromatic carbocycles. The fourth-order valence-electron chi connectivity index (χ4n) is 3.13. The van der Waals surface area contributed by atoms with Crippen LogP contribution in [0, 0.1) is 5.82 Å². The van der Waals surface area contributed by atoms with Crippen molar-refractivity contribution in [2.24, 2.45) is 0 Å². The molecule has 0 radical (unpaired) electrons. The highest BCUT2D eigenvalue weighted by molar-refractivity contribution is 5.58. The molecule has 5 nitrogen and oxygen atoms in total. The van der Waals surface area contributed by atoms with Crippen LogP contribution in [0.3, 0.4) is 0 Å². The molecule has 0 bridgehead atoms. The third-order valence-corrected chi connectivity index (χ3v) is 4.67. The lowest BCUT2D eigenvalue weighted by Crippen LogP contribution is -2.20. The van der Waals surface area contributed by atoms with Crippen LogP contribution in [0.25, 0.3) is 0 Å². The van der Waals surface area contributed by atoms with Crippen LogP contribution in [-0.2, 0) is 13.0 Å². The Morgan fingerprint density at radius 1 is 0.800 bits per heavy atom. The number of halogens is 1. The summed E-state index contributed by atoms with van der Waals surface area (Å²) in [7, 11) is 0. The van der Waals surface area contributed by atoms with E-state index in [9.17, 15) is 4.39 Å². The Kier molecular flexibility index (Phi) is 6.25. The smallest absolute Gasteiger partial charge is 0.252 e. The number of para-hydroxylation sites is 1. The maximum Gasteiger partial charge on any atom is 0.252 e. The molecule has 0 saturated carbocycles. The first-order chi connectivity index (χ1) is 14.8. The SMILES string of the molecule is Fc1ccc(CCNc2cnnc(N(Cc3ccccc3)c3ccccc3)n2)cc1. The molecular weight excluding hydrogens is 377 g/mol. The van der Waals surface area contributed by atoms with Crippen molar-refractivity contribution in [2.45, 2.75) is 13.0 Å². The number of hydrogen-bond donors (Lipinski definition) is 1. The predicted octanol–water partition coefficient (Wildman–Crippen LogP) is 5.00. The van der Waals surface area contributed by atoms with Gasteiger partial charge in [0.05, 0.1) is 12.7 Å². The molecule has 0 aliphatic rings. The van der Waals surface area contributed by atoms with E-state index >= 15 is 0 Å². The largest absolute Gasteiger partial charge is 0.368 e. The van der Waals surface area contributed by atoms with Crippen molar-refractivity contribution < 1.29 is 4.39 Å². The predicted molar refractivity (Wildman–Crippen MR) is 117 cm³/mol. The van der Waals surface area contributed by atoms with Crippen LogP contribution in [0.15, 0.2) is 91.1 Å². The van der Waals surface area contributed by atoms with E-state index in [1.54, 1.807) is 18.3 Å². The normalized spacial score (nSPS) is 10.6. The maximum atomic E-state index is 13.0. The summed E-state index contributed by atoms with van der Waals surface area (Å²) >= 11 is 0. The van der Waals surface area contributed by atoms with Crippen molar-refractivity contribution >= 4 is 17.5 Å². The van der Waals surface area contributed by atoms with Gasteiger partial charge in [-0.15, -0.1) is 5.10 Å². The topological polar surface area (TPSA) is 53.9 Å². The Morgan fingerprint density at radius 2 is 1.50 bits per heavy atom. The average Bonchev–Trinajstić information content (AvgIpc) is 2.80. The van der Waals surface area contributed by atoms with E-state index in [0.29, 0.717) is 24.9 Å². The summed E-state index contributed by atoms with van der Waals surface area (Å²) in [6.45, 7) is 1.29. The average molecular weight is 399 g/mol. The minimum Gasteiger partial charge on any atom is -0.368 e.